The summed E-state index contributed by atoms with van der Waals surface area (Å²) in [6.45, 7) is 0.189. The molecule has 20 heavy (non-hydrogen) atoms. The van der Waals surface area contributed by atoms with Gasteiger partial charge < -0.3 is 4.74 Å². The maximum absolute atomic E-state index is 12.8. The minimum Gasteiger partial charge on any atom is -0.460 e. The van der Waals surface area contributed by atoms with Crippen molar-refractivity contribution in [2.75, 3.05) is 0 Å². The summed E-state index contributed by atoms with van der Waals surface area (Å²) in [6.07, 6.45) is 3.02. The highest BCUT2D eigenvalue weighted by Crippen LogP contribution is 2.10. The van der Waals surface area contributed by atoms with Crippen LogP contribution in [0.2, 0.25) is 0 Å². The summed E-state index contributed by atoms with van der Waals surface area (Å²) in [5.41, 5.74) is 0.956. The fraction of sp³-hybridized carbons (Fsp3) is 0.0714. The van der Waals surface area contributed by atoms with Crippen LogP contribution in [0.15, 0.2) is 47.5 Å². The second-order valence-corrected chi connectivity index (χ2v) is 4.18. The van der Waals surface area contributed by atoms with Gasteiger partial charge in [0.05, 0.1) is 17.1 Å². The van der Waals surface area contributed by atoms with Gasteiger partial charge in [-0.15, -0.1) is 0 Å². The molecule has 0 fully saturated rings. The smallest absolute Gasteiger partial charge is 0.297 e. The number of nitrogens with one attached hydrogen (secondary N) is 1. The number of hydrogen-bond donors (Lipinski definition) is 1. The van der Waals surface area contributed by atoms with E-state index in [1.807, 2.05) is 0 Å². The van der Waals surface area contributed by atoms with Gasteiger partial charge in [-0.2, -0.15) is 4.98 Å². The van der Waals surface area contributed by atoms with E-state index in [1.54, 1.807) is 18.2 Å². The summed E-state index contributed by atoms with van der Waals surface area (Å²) in [6, 6.07) is 7.61. The van der Waals surface area contributed by atoms with Crippen LogP contribution in [0.3, 0.4) is 0 Å². The molecule has 0 saturated heterocycles. The van der Waals surface area contributed by atoms with Crippen LogP contribution >= 0.6 is 0 Å². The number of ether oxygens (including phenoxy) is 1. The molecular formula is C14H10FN3O2. The fourth-order valence-electron chi connectivity index (χ4n) is 1.77. The Labute approximate surface area is 113 Å². The van der Waals surface area contributed by atoms with Crippen molar-refractivity contribution in [3.8, 4) is 6.01 Å². The number of nitrogens with zero attached hydrogens (tertiary/aromatic N) is 2. The number of rotatable bonds is 3. The topological polar surface area (TPSA) is 67.9 Å². The van der Waals surface area contributed by atoms with E-state index in [4.69, 9.17) is 4.74 Å². The van der Waals surface area contributed by atoms with Gasteiger partial charge >= 0.3 is 0 Å². The SMILES string of the molecule is O=c1[nH]c(OCc2ccc(F)cc2)nc2cnccc12. The lowest BCUT2D eigenvalue weighted by Crippen LogP contribution is -2.11. The second kappa shape index (κ2) is 5.08. The monoisotopic (exact) mass is 271 g/mol. The summed E-state index contributed by atoms with van der Waals surface area (Å²) < 4.78 is 18.2. The molecule has 0 atom stereocenters. The minimum absolute atomic E-state index is 0.111. The van der Waals surface area contributed by atoms with Gasteiger partial charge in [0.15, 0.2) is 0 Å². The van der Waals surface area contributed by atoms with E-state index in [0.29, 0.717) is 10.9 Å². The van der Waals surface area contributed by atoms with Crippen molar-refractivity contribution in [3.63, 3.8) is 0 Å². The first-order valence-electron chi connectivity index (χ1n) is 5.94. The van der Waals surface area contributed by atoms with Crippen molar-refractivity contribution in [2.45, 2.75) is 6.61 Å². The molecule has 0 aliphatic rings. The minimum atomic E-state index is -0.308. The van der Waals surface area contributed by atoms with Crippen molar-refractivity contribution >= 4 is 10.9 Å². The van der Waals surface area contributed by atoms with Gasteiger partial charge in [0.25, 0.3) is 11.6 Å². The van der Waals surface area contributed by atoms with E-state index < -0.39 is 0 Å². The second-order valence-electron chi connectivity index (χ2n) is 4.18. The molecule has 2 aromatic heterocycles. The van der Waals surface area contributed by atoms with Crippen LogP contribution in [-0.4, -0.2) is 15.0 Å². The molecule has 0 amide bonds. The molecule has 0 aliphatic carbocycles. The van der Waals surface area contributed by atoms with Crippen LogP contribution in [0.4, 0.5) is 4.39 Å². The predicted octanol–water partition coefficient (Wildman–Crippen LogP) is 2.04. The molecule has 0 bridgehead atoms. The molecule has 0 saturated carbocycles. The van der Waals surface area contributed by atoms with Crippen LogP contribution in [-0.2, 0) is 6.61 Å². The highest BCUT2D eigenvalue weighted by Gasteiger charge is 2.04. The molecule has 0 aliphatic heterocycles. The van der Waals surface area contributed by atoms with Crippen molar-refractivity contribution < 1.29 is 9.13 Å². The Bertz CT molecular complexity index is 799. The summed E-state index contributed by atoms with van der Waals surface area (Å²) >= 11 is 0. The number of fused-ring (bicyclic) bond motifs is 1. The normalized spacial score (nSPS) is 10.7. The maximum Gasteiger partial charge on any atom is 0.297 e. The number of pyridine rings is 1. The van der Waals surface area contributed by atoms with Crippen molar-refractivity contribution in [1.82, 2.24) is 15.0 Å². The van der Waals surface area contributed by atoms with E-state index in [9.17, 15) is 9.18 Å². The molecule has 0 unspecified atom stereocenters. The average molecular weight is 271 g/mol. The molecule has 1 aromatic carbocycles. The molecule has 100 valence electrons. The first kappa shape index (κ1) is 12.3. The molecule has 6 heteroatoms. The zero-order valence-electron chi connectivity index (χ0n) is 10.3. The lowest BCUT2D eigenvalue weighted by molar-refractivity contribution is 0.281. The van der Waals surface area contributed by atoms with Gasteiger partial charge in [-0.1, -0.05) is 12.1 Å². The summed E-state index contributed by atoms with van der Waals surface area (Å²) in [4.78, 5) is 22.4. The van der Waals surface area contributed by atoms with Crippen molar-refractivity contribution in [3.05, 3.63) is 64.5 Å². The zero-order chi connectivity index (χ0) is 13.9. The Morgan fingerprint density at radius 1 is 1.20 bits per heavy atom. The predicted molar refractivity (Wildman–Crippen MR) is 70.9 cm³/mol. The van der Waals surface area contributed by atoms with E-state index >= 15 is 0 Å². The first-order valence-corrected chi connectivity index (χ1v) is 5.94. The van der Waals surface area contributed by atoms with Gasteiger partial charge in [0, 0.05) is 6.20 Å². The van der Waals surface area contributed by atoms with Gasteiger partial charge in [-0.3, -0.25) is 14.8 Å². The lowest BCUT2D eigenvalue weighted by Gasteiger charge is -2.05. The molecule has 3 rings (SSSR count). The van der Waals surface area contributed by atoms with E-state index in [0.717, 1.165) is 5.56 Å². The van der Waals surface area contributed by atoms with Gasteiger partial charge in [0.2, 0.25) is 0 Å². The highest BCUT2D eigenvalue weighted by molar-refractivity contribution is 5.76. The van der Waals surface area contributed by atoms with Crippen LogP contribution in [0.5, 0.6) is 6.01 Å². The van der Waals surface area contributed by atoms with Crippen LogP contribution in [0, 0.1) is 5.82 Å². The number of halogens is 1. The van der Waals surface area contributed by atoms with E-state index in [-0.39, 0.29) is 24.0 Å². The molecular weight excluding hydrogens is 261 g/mol. The quantitative estimate of drug-likeness (QED) is 0.791. The number of hydrogen-bond acceptors (Lipinski definition) is 4. The number of aromatic nitrogens is 3. The summed E-state index contributed by atoms with van der Waals surface area (Å²) in [7, 11) is 0. The molecule has 2 heterocycles. The van der Waals surface area contributed by atoms with Gasteiger partial charge in [-0.25, -0.2) is 4.39 Å². The van der Waals surface area contributed by atoms with Crippen LogP contribution in [0.25, 0.3) is 10.9 Å². The lowest BCUT2D eigenvalue weighted by atomic mass is 10.2. The number of benzene rings is 1. The number of aromatic amines is 1. The fourth-order valence-corrected chi connectivity index (χ4v) is 1.77. The molecule has 0 radical (unpaired) electrons. The van der Waals surface area contributed by atoms with E-state index in [1.165, 1.54) is 24.5 Å². The average Bonchev–Trinajstić information content (AvgIpc) is 2.47. The van der Waals surface area contributed by atoms with Gasteiger partial charge in [-0.05, 0) is 23.8 Å². The third-order valence-corrected chi connectivity index (χ3v) is 2.78. The zero-order valence-corrected chi connectivity index (χ0v) is 10.3. The molecule has 3 aromatic rings. The standard InChI is InChI=1S/C14H10FN3O2/c15-10-3-1-9(2-4-10)8-20-14-17-12-7-16-6-5-11(12)13(19)18-14/h1-7H,8H2,(H,17,18,19). The van der Waals surface area contributed by atoms with Crippen molar-refractivity contribution in [1.29, 1.82) is 0 Å². The molecule has 0 spiro atoms. The maximum atomic E-state index is 12.8. The van der Waals surface area contributed by atoms with Crippen molar-refractivity contribution in [2.24, 2.45) is 0 Å². The van der Waals surface area contributed by atoms with Gasteiger partial charge in [0.1, 0.15) is 12.4 Å². The summed E-state index contributed by atoms with van der Waals surface area (Å²) in [5, 5.41) is 0.453. The van der Waals surface area contributed by atoms with E-state index in [2.05, 4.69) is 15.0 Å². The summed E-state index contributed by atoms with van der Waals surface area (Å²) in [5.74, 6) is -0.308. The Balaban J connectivity index is 1.84. The van der Waals surface area contributed by atoms with Crippen LogP contribution in [0.1, 0.15) is 5.56 Å². The third-order valence-electron chi connectivity index (χ3n) is 2.78. The molecule has 5 nitrogen and oxygen atoms in total. The largest absolute Gasteiger partial charge is 0.460 e. The Morgan fingerprint density at radius 3 is 2.80 bits per heavy atom. The van der Waals surface area contributed by atoms with Crippen LogP contribution < -0.4 is 10.3 Å². The highest BCUT2D eigenvalue weighted by atomic mass is 19.1. The Morgan fingerprint density at radius 2 is 2.00 bits per heavy atom. The first-order chi connectivity index (χ1) is 9.72. The Hall–Kier alpha value is -2.76. The number of H-pyrrole nitrogens is 1. The molecule has 1 N–H and O–H groups in total. The Kier molecular flexibility index (Phi) is 3.12. The third kappa shape index (κ3) is 2.49.